The molecule has 2 heterocycles. The van der Waals surface area contributed by atoms with Crippen LogP contribution in [-0.4, -0.2) is 45.3 Å². The molecule has 1 amide bonds. The average Bonchev–Trinajstić information content (AvgIpc) is 3.18. The minimum atomic E-state index is -0.402. The zero-order valence-corrected chi connectivity index (χ0v) is 15.6. The van der Waals surface area contributed by atoms with Gasteiger partial charge in [0.25, 0.3) is 5.91 Å². The van der Waals surface area contributed by atoms with Crippen LogP contribution in [0.5, 0.6) is 0 Å². The number of hydrogen-bond donors (Lipinski definition) is 0. The third kappa shape index (κ3) is 3.66. The maximum atomic E-state index is 13.9. The molecule has 1 fully saturated rings. The number of halogens is 1. The van der Waals surface area contributed by atoms with E-state index in [-0.39, 0.29) is 11.7 Å². The number of hydrogen-bond acceptors (Lipinski definition) is 4. The van der Waals surface area contributed by atoms with Crippen molar-refractivity contribution in [2.24, 2.45) is 0 Å². The normalized spacial score (nSPS) is 16.9. The van der Waals surface area contributed by atoms with Gasteiger partial charge in [-0.25, -0.2) is 14.1 Å². The third-order valence-corrected chi connectivity index (χ3v) is 4.93. The van der Waals surface area contributed by atoms with Gasteiger partial charge in [-0.05, 0) is 30.2 Å². The highest BCUT2D eigenvalue weighted by Gasteiger charge is 2.32. The molecule has 4 rings (SSSR count). The second-order valence-electron chi connectivity index (χ2n) is 6.79. The molecule has 0 N–H and O–H groups in total. The van der Waals surface area contributed by atoms with E-state index in [0.29, 0.717) is 43.3 Å². The number of carbonyl (C=O) groups excluding carboxylic acids is 1. The van der Waals surface area contributed by atoms with Gasteiger partial charge in [0.2, 0.25) is 0 Å². The van der Waals surface area contributed by atoms with Crippen LogP contribution < -0.4 is 0 Å². The Morgan fingerprint density at radius 2 is 2.04 bits per heavy atom. The van der Waals surface area contributed by atoms with Crippen LogP contribution in [0.15, 0.2) is 54.9 Å². The van der Waals surface area contributed by atoms with Gasteiger partial charge in [-0.2, -0.15) is 5.10 Å². The molecule has 1 aromatic heterocycles. The maximum Gasteiger partial charge on any atom is 0.255 e. The van der Waals surface area contributed by atoms with Crippen molar-refractivity contribution in [2.45, 2.75) is 19.5 Å². The molecule has 1 aliphatic rings. The lowest BCUT2D eigenvalue weighted by atomic mass is 10.1. The third-order valence-electron chi connectivity index (χ3n) is 4.93. The molecule has 6 nitrogen and oxygen atoms in total. The number of benzene rings is 2. The lowest BCUT2D eigenvalue weighted by Crippen LogP contribution is -2.44. The van der Waals surface area contributed by atoms with Crippen LogP contribution in [0.3, 0.4) is 0 Å². The van der Waals surface area contributed by atoms with Gasteiger partial charge in [0.1, 0.15) is 18.2 Å². The van der Waals surface area contributed by atoms with E-state index in [0.717, 1.165) is 5.56 Å². The van der Waals surface area contributed by atoms with E-state index < -0.39 is 6.04 Å². The number of morpholine rings is 1. The molecule has 1 aliphatic heterocycles. The molecule has 0 spiro atoms. The van der Waals surface area contributed by atoms with Gasteiger partial charge in [-0.15, -0.1) is 0 Å². The molecule has 0 saturated carbocycles. The highest BCUT2D eigenvalue weighted by molar-refractivity contribution is 5.96. The highest BCUT2D eigenvalue weighted by Crippen LogP contribution is 2.25. The summed E-state index contributed by atoms with van der Waals surface area (Å²) in [6, 6.07) is 14.1. The van der Waals surface area contributed by atoms with Crippen LogP contribution in [0, 0.1) is 12.7 Å². The SMILES string of the molecule is Cc1c(F)cccc1C(=O)N1CCOCC1c1ncn(Cc2ccccc2)n1. The van der Waals surface area contributed by atoms with E-state index in [1.165, 1.54) is 6.07 Å². The standard InChI is InChI=1S/C21H21FN4O2/c1-15-17(8-5-9-18(15)22)21(27)26-10-11-28-13-19(26)20-23-14-25(24-20)12-16-6-3-2-4-7-16/h2-9,14,19H,10-13H2,1H3. The van der Waals surface area contributed by atoms with E-state index in [1.54, 1.807) is 35.0 Å². The summed E-state index contributed by atoms with van der Waals surface area (Å²) in [5.74, 6) is -0.0938. The van der Waals surface area contributed by atoms with Crippen LogP contribution in [0.25, 0.3) is 0 Å². The average molecular weight is 380 g/mol. The topological polar surface area (TPSA) is 60.3 Å². The van der Waals surface area contributed by atoms with Crippen molar-refractivity contribution in [3.8, 4) is 0 Å². The van der Waals surface area contributed by atoms with Gasteiger partial charge in [0.15, 0.2) is 5.82 Å². The first kappa shape index (κ1) is 18.3. The highest BCUT2D eigenvalue weighted by atomic mass is 19.1. The Morgan fingerprint density at radius 3 is 2.86 bits per heavy atom. The first-order valence-corrected chi connectivity index (χ1v) is 9.20. The predicted octanol–water partition coefficient (Wildman–Crippen LogP) is 2.99. The van der Waals surface area contributed by atoms with Gasteiger partial charge in [0.05, 0.1) is 19.8 Å². The fourth-order valence-corrected chi connectivity index (χ4v) is 3.36. The first-order valence-electron chi connectivity index (χ1n) is 9.20. The Balaban J connectivity index is 1.57. The molecule has 0 radical (unpaired) electrons. The second-order valence-corrected chi connectivity index (χ2v) is 6.79. The van der Waals surface area contributed by atoms with E-state index in [1.807, 2.05) is 30.3 Å². The second kappa shape index (κ2) is 7.90. The molecule has 1 atom stereocenters. The summed E-state index contributed by atoms with van der Waals surface area (Å²) in [6.07, 6.45) is 1.66. The zero-order valence-electron chi connectivity index (χ0n) is 15.6. The minimum absolute atomic E-state index is 0.232. The summed E-state index contributed by atoms with van der Waals surface area (Å²) < 4.78 is 21.2. The molecule has 144 valence electrons. The maximum absolute atomic E-state index is 13.9. The Labute approximate surface area is 162 Å². The zero-order chi connectivity index (χ0) is 19.5. The molecule has 3 aromatic rings. The fourth-order valence-electron chi connectivity index (χ4n) is 3.36. The Kier molecular flexibility index (Phi) is 5.16. The van der Waals surface area contributed by atoms with Gasteiger partial charge >= 0.3 is 0 Å². The van der Waals surface area contributed by atoms with Crippen LogP contribution in [0.4, 0.5) is 4.39 Å². The van der Waals surface area contributed by atoms with Crippen LogP contribution in [0.2, 0.25) is 0 Å². The van der Waals surface area contributed by atoms with Crippen molar-refractivity contribution in [3.05, 3.63) is 83.2 Å². The van der Waals surface area contributed by atoms with Gasteiger partial charge < -0.3 is 9.64 Å². The Morgan fingerprint density at radius 1 is 1.21 bits per heavy atom. The summed E-state index contributed by atoms with van der Waals surface area (Å²) in [4.78, 5) is 19.2. The summed E-state index contributed by atoms with van der Waals surface area (Å²) in [5.41, 5.74) is 1.82. The quantitative estimate of drug-likeness (QED) is 0.698. The fraction of sp³-hybridized carbons (Fsp3) is 0.286. The van der Waals surface area contributed by atoms with E-state index in [2.05, 4.69) is 10.1 Å². The summed E-state index contributed by atoms with van der Waals surface area (Å²) >= 11 is 0. The number of ether oxygens (including phenoxy) is 1. The van der Waals surface area contributed by atoms with E-state index in [4.69, 9.17) is 4.74 Å². The van der Waals surface area contributed by atoms with Gasteiger partial charge in [-0.1, -0.05) is 36.4 Å². The van der Waals surface area contributed by atoms with E-state index in [9.17, 15) is 9.18 Å². The van der Waals surface area contributed by atoms with Crippen LogP contribution in [0.1, 0.15) is 33.4 Å². The van der Waals surface area contributed by atoms with Crippen molar-refractivity contribution < 1.29 is 13.9 Å². The van der Waals surface area contributed by atoms with Crippen LogP contribution in [-0.2, 0) is 11.3 Å². The molecular formula is C21H21FN4O2. The lowest BCUT2D eigenvalue weighted by Gasteiger charge is -2.34. The van der Waals surface area contributed by atoms with Crippen molar-refractivity contribution in [1.82, 2.24) is 19.7 Å². The van der Waals surface area contributed by atoms with Crippen molar-refractivity contribution in [2.75, 3.05) is 19.8 Å². The lowest BCUT2D eigenvalue weighted by molar-refractivity contribution is -0.00530. The van der Waals surface area contributed by atoms with E-state index >= 15 is 0 Å². The molecule has 2 aromatic carbocycles. The number of rotatable bonds is 4. The number of amides is 1. The van der Waals surface area contributed by atoms with Crippen molar-refractivity contribution >= 4 is 5.91 Å². The van der Waals surface area contributed by atoms with Gasteiger partial charge in [-0.3, -0.25) is 4.79 Å². The Bertz CT molecular complexity index is 974. The van der Waals surface area contributed by atoms with Crippen molar-refractivity contribution in [3.63, 3.8) is 0 Å². The molecular weight excluding hydrogens is 359 g/mol. The monoisotopic (exact) mass is 380 g/mol. The molecule has 1 saturated heterocycles. The molecule has 28 heavy (non-hydrogen) atoms. The Hall–Kier alpha value is -3.06. The minimum Gasteiger partial charge on any atom is -0.377 e. The van der Waals surface area contributed by atoms with Crippen molar-refractivity contribution in [1.29, 1.82) is 0 Å². The molecule has 7 heteroatoms. The molecule has 0 aliphatic carbocycles. The summed E-state index contributed by atoms with van der Waals surface area (Å²) in [7, 11) is 0. The first-order chi connectivity index (χ1) is 13.6. The smallest absolute Gasteiger partial charge is 0.255 e. The number of carbonyl (C=O) groups is 1. The number of nitrogens with zero attached hydrogens (tertiary/aromatic N) is 4. The molecule has 0 bridgehead atoms. The summed E-state index contributed by atoms with van der Waals surface area (Å²) in [6.45, 7) is 3.37. The molecule has 1 unspecified atom stereocenters. The summed E-state index contributed by atoms with van der Waals surface area (Å²) in [5, 5.41) is 4.55. The predicted molar refractivity (Wildman–Crippen MR) is 101 cm³/mol. The largest absolute Gasteiger partial charge is 0.377 e. The van der Waals surface area contributed by atoms with Gasteiger partial charge in [0, 0.05) is 12.1 Å². The number of aromatic nitrogens is 3. The van der Waals surface area contributed by atoms with Crippen LogP contribution >= 0.6 is 0 Å².